The summed E-state index contributed by atoms with van der Waals surface area (Å²) < 4.78 is 25.3. The molecule has 148 valence electrons. The average molecular weight is 397 g/mol. The molecule has 0 saturated carbocycles. The maximum absolute atomic E-state index is 12.7. The second-order valence-corrected chi connectivity index (χ2v) is 7.32. The molecule has 27 heavy (non-hydrogen) atoms. The van der Waals surface area contributed by atoms with E-state index in [1.807, 2.05) is 39.8 Å². The van der Waals surface area contributed by atoms with Gasteiger partial charge in [0, 0.05) is 0 Å². The molecule has 1 aromatic heterocycles. The second kappa shape index (κ2) is 9.22. The molecule has 2 aromatic rings. The highest BCUT2D eigenvalue weighted by Gasteiger charge is 2.23. The number of hydrogen-bond acceptors (Lipinski definition) is 4. The highest BCUT2D eigenvalue weighted by molar-refractivity contribution is 6.31. The first-order valence-electron chi connectivity index (χ1n) is 9.05. The Labute approximate surface area is 164 Å². The molecule has 0 amide bonds. The third kappa shape index (κ3) is 5.22. The Balaban J connectivity index is 2.07. The number of aromatic nitrogens is 2. The SMILES string of the molecule is CCC(CF)Oc1ccc(COc2cnn(C(C)(C)CC)c(=O)c2Cl)cc1. The van der Waals surface area contributed by atoms with Crippen molar-refractivity contribution >= 4 is 11.6 Å². The molecule has 0 radical (unpaired) electrons. The van der Waals surface area contributed by atoms with Gasteiger partial charge < -0.3 is 9.47 Å². The zero-order valence-electron chi connectivity index (χ0n) is 16.2. The predicted octanol–water partition coefficient (Wildman–Crippen LogP) is 4.75. The van der Waals surface area contributed by atoms with E-state index >= 15 is 0 Å². The van der Waals surface area contributed by atoms with Crippen LogP contribution in [0, 0.1) is 0 Å². The first-order valence-corrected chi connectivity index (χ1v) is 9.42. The quantitative estimate of drug-likeness (QED) is 0.613. The fourth-order valence-electron chi connectivity index (χ4n) is 2.34. The fourth-order valence-corrected chi connectivity index (χ4v) is 2.52. The van der Waals surface area contributed by atoms with Crippen molar-refractivity contribution in [3.63, 3.8) is 0 Å². The molecule has 5 nitrogen and oxygen atoms in total. The Hall–Kier alpha value is -2.08. The molecule has 0 N–H and O–H groups in total. The number of hydrogen-bond donors (Lipinski definition) is 0. The van der Waals surface area contributed by atoms with Crippen LogP contribution in [0.3, 0.4) is 0 Å². The lowest BCUT2D eigenvalue weighted by atomic mass is 10.0. The fraction of sp³-hybridized carbons (Fsp3) is 0.500. The van der Waals surface area contributed by atoms with E-state index in [-0.39, 0.29) is 22.9 Å². The van der Waals surface area contributed by atoms with Crippen LogP contribution in [0.1, 0.15) is 46.1 Å². The van der Waals surface area contributed by atoms with Gasteiger partial charge in [-0.15, -0.1) is 0 Å². The topological polar surface area (TPSA) is 53.4 Å². The molecule has 1 aromatic carbocycles. The van der Waals surface area contributed by atoms with Crippen molar-refractivity contribution in [1.82, 2.24) is 9.78 Å². The Morgan fingerprint density at radius 2 is 1.93 bits per heavy atom. The Kier molecular flexibility index (Phi) is 7.25. The number of ether oxygens (including phenoxy) is 2. The van der Waals surface area contributed by atoms with Gasteiger partial charge in [-0.2, -0.15) is 5.10 Å². The predicted molar refractivity (Wildman–Crippen MR) is 105 cm³/mol. The van der Waals surface area contributed by atoms with Gasteiger partial charge in [-0.05, 0) is 44.4 Å². The normalized spacial score (nSPS) is 12.7. The van der Waals surface area contributed by atoms with E-state index < -0.39 is 18.3 Å². The van der Waals surface area contributed by atoms with Crippen molar-refractivity contribution in [3.8, 4) is 11.5 Å². The lowest BCUT2D eigenvalue weighted by Crippen LogP contribution is -2.38. The van der Waals surface area contributed by atoms with E-state index in [2.05, 4.69) is 5.10 Å². The lowest BCUT2D eigenvalue weighted by Gasteiger charge is -2.24. The van der Waals surface area contributed by atoms with Crippen LogP contribution in [0.5, 0.6) is 11.5 Å². The van der Waals surface area contributed by atoms with Gasteiger partial charge in [0.1, 0.15) is 25.1 Å². The monoisotopic (exact) mass is 396 g/mol. The maximum Gasteiger partial charge on any atom is 0.289 e. The number of nitrogens with zero attached hydrogens (tertiary/aromatic N) is 2. The molecule has 2 rings (SSSR count). The maximum atomic E-state index is 12.7. The van der Waals surface area contributed by atoms with Gasteiger partial charge in [-0.25, -0.2) is 9.07 Å². The van der Waals surface area contributed by atoms with E-state index in [4.69, 9.17) is 21.1 Å². The third-order valence-corrected chi connectivity index (χ3v) is 4.92. The van der Waals surface area contributed by atoms with Crippen LogP contribution in [-0.2, 0) is 12.1 Å². The molecule has 1 unspecified atom stereocenters. The van der Waals surface area contributed by atoms with E-state index in [0.717, 1.165) is 12.0 Å². The molecule has 0 bridgehead atoms. The zero-order chi connectivity index (χ0) is 20.0. The van der Waals surface area contributed by atoms with E-state index in [0.29, 0.717) is 12.2 Å². The van der Waals surface area contributed by atoms with Crippen molar-refractivity contribution < 1.29 is 13.9 Å². The number of rotatable bonds is 9. The molecule has 1 heterocycles. The summed E-state index contributed by atoms with van der Waals surface area (Å²) in [6.07, 6.45) is 2.38. The summed E-state index contributed by atoms with van der Waals surface area (Å²) in [5.74, 6) is 0.848. The van der Waals surface area contributed by atoms with Crippen LogP contribution in [0.4, 0.5) is 4.39 Å². The van der Waals surface area contributed by atoms with Crippen LogP contribution in [0.2, 0.25) is 5.02 Å². The van der Waals surface area contributed by atoms with Gasteiger partial charge >= 0.3 is 0 Å². The van der Waals surface area contributed by atoms with Crippen LogP contribution < -0.4 is 15.0 Å². The number of alkyl halides is 1. The summed E-state index contributed by atoms with van der Waals surface area (Å²) >= 11 is 6.19. The molecule has 0 aliphatic heterocycles. The molecule has 0 aliphatic carbocycles. The van der Waals surface area contributed by atoms with Crippen molar-refractivity contribution in [2.75, 3.05) is 6.67 Å². The minimum Gasteiger partial charge on any atom is -0.488 e. The van der Waals surface area contributed by atoms with Crippen molar-refractivity contribution in [1.29, 1.82) is 0 Å². The Bertz CT molecular complexity index is 802. The largest absolute Gasteiger partial charge is 0.488 e. The van der Waals surface area contributed by atoms with Gasteiger partial charge in [0.2, 0.25) is 0 Å². The minimum atomic E-state index is -0.521. The summed E-state index contributed by atoms with van der Waals surface area (Å²) in [4.78, 5) is 12.5. The number of benzene rings is 1. The van der Waals surface area contributed by atoms with Crippen molar-refractivity contribution in [2.24, 2.45) is 0 Å². The van der Waals surface area contributed by atoms with Gasteiger partial charge in [0.05, 0.1) is 11.7 Å². The van der Waals surface area contributed by atoms with Crippen LogP contribution in [-0.4, -0.2) is 22.6 Å². The molecular formula is C20H26ClFN2O3. The van der Waals surface area contributed by atoms with Gasteiger partial charge in [0.15, 0.2) is 10.8 Å². The second-order valence-electron chi connectivity index (χ2n) is 6.94. The van der Waals surface area contributed by atoms with Crippen LogP contribution >= 0.6 is 11.6 Å². The lowest BCUT2D eigenvalue weighted by molar-refractivity contribution is 0.160. The highest BCUT2D eigenvalue weighted by atomic mass is 35.5. The third-order valence-electron chi connectivity index (χ3n) is 4.57. The first-order chi connectivity index (χ1) is 12.8. The van der Waals surface area contributed by atoms with Crippen LogP contribution in [0.15, 0.2) is 35.3 Å². The summed E-state index contributed by atoms with van der Waals surface area (Å²) in [6.45, 7) is 7.41. The van der Waals surface area contributed by atoms with Crippen LogP contribution in [0.25, 0.3) is 0 Å². The van der Waals surface area contributed by atoms with Gasteiger partial charge in [-0.1, -0.05) is 37.6 Å². The summed E-state index contributed by atoms with van der Waals surface area (Å²) in [5.41, 5.74) is 0.0665. The molecule has 0 saturated heterocycles. The van der Waals surface area contributed by atoms with E-state index in [1.54, 1.807) is 12.1 Å². The number of halogens is 2. The van der Waals surface area contributed by atoms with Gasteiger partial charge in [-0.3, -0.25) is 4.79 Å². The zero-order valence-corrected chi connectivity index (χ0v) is 16.9. The standard InChI is InChI=1S/C20H26ClFN2O3/c1-5-15(11-22)27-16-9-7-14(8-10-16)13-26-17-12-23-24(19(25)18(17)21)20(3,4)6-2/h7-10,12,15H,5-6,11,13H2,1-4H3. The Morgan fingerprint density at radius 1 is 1.26 bits per heavy atom. The molecule has 1 atom stereocenters. The van der Waals surface area contributed by atoms with E-state index in [1.165, 1.54) is 10.9 Å². The van der Waals surface area contributed by atoms with Crippen molar-refractivity contribution in [3.05, 3.63) is 51.4 Å². The van der Waals surface area contributed by atoms with Gasteiger partial charge in [0.25, 0.3) is 5.56 Å². The summed E-state index contributed by atoms with van der Waals surface area (Å²) in [7, 11) is 0. The summed E-state index contributed by atoms with van der Waals surface area (Å²) in [5, 5.41) is 4.21. The molecular weight excluding hydrogens is 371 g/mol. The molecule has 0 fully saturated rings. The smallest absolute Gasteiger partial charge is 0.289 e. The highest BCUT2D eigenvalue weighted by Crippen LogP contribution is 2.23. The minimum absolute atomic E-state index is 0.0141. The summed E-state index contributed by atoms with van der Waals surface area (Å²) in [6, 6.07) is 7.17. The van der Waals surface area contributed by atoms with Crippen molar-refractivity contribution in [2.45, 2.75) is 58.8 Å². The Morgan fingerprint density at radius 3 is 2.48 bits per heavy atom. The molecule has 0 spiro atoms. The molecule has 7 heteroatoms. The first kappa shape index (κ1) is 21.2. The van der Waals surface area contributed by atoms with E-state index in [9.17, 15) is 9.18 Å². The average Bonchev–Trinajstić information content (AvgIpc) is 2.68. The molecule has 0 aliphatic rings.